The molecule has 0 bridgehead atoms. The molecule has 1 heterocycles. The summed E-state index contributed by atoms with van der Waals surface area (Å²) in [6, 6.07) is 6.91. The molecule has 7 nitrogen and oxygen atoms in total. The summed E-state index contributed by atoms with van der Waals surface area (Å²) in [5.41, 5.74) is 0.522. The van der Waals surface area contributed by atoms with E-state index >= 15 is 0 Å². The average Bonchev–Trinajstić information content (AvgIpc) is 3.27. The van der Waals surface area contributed by atoms with Crippen LogP contribution in [0.4, 0.5) is 0 Å². The Morgan fingerprint density at radius 3 is 2.34 bits per heavy atom. The van der Waals surface area contributed by atoms with E-state index in [2.05, 4.69) is 10.6 Å². The number of allylic oxidation sites excluding steroid dienone is 1. The molecule has 156 valence electrons. The summed E-state index contributed by atoms with van der Waals surface area (Å²) in [7, 11) is 0. The molecule has 2 aliphatic rings. The molecular formula is C21H26N2O5S. The lowest BCUT2D eigenvalue weighted by atomic mass is 9.87. The van der Waals surface area contributed by atoms with Gasteiger partial charge in [-0.1, -0.05) is 6.08 Å². The summed E-state index contributed by atoms with van der Waals surface area (Å²) in [5.74, 6) is -0.528. The average molecular weight is 419 g/mol. The molecule has 0 spiro atoms. The molecular weight excluding hydrogens is 392 g/mol. The molecule has 1 aromatic carbocycles. The Morgan fingerprint density at radius 1 is 1.03 bits per heavy atom. The van der Waals surface area contributed by atoms with Crippen LogP contribution in [0.25, 0.3) is 0 Å². The predicted molar refractivity (Wildman–Crippen MR) is 111 cm³/mol. The Balaban J connectivity index is 1.36. The third-order valence-corrected chi connectivity index (χ3v) is 6.22. The number of carbonyl (C=O) groups excluding carboxylic acids is 2. The fourth-order valence-corrected chi connectivity index (χ4v) is 4.28. The second-order valence-corrected chi connectivity index (χ2v) is 8.35. The van der Waals surface area contributed by atoms with Crippen molar-refractivity contribution in [2.75, 3.05) is 13.1 Å². The van der Waals surface area contributed by atoms with Crippen molar-refractivity contribution in [3.63, 3.8) is 0 Å². The molecule has 0 saturated heterocycles. The van der Waals surface area contributed by atoms with Crippen molar-refractivity contribution >= 4 is 29.5 Å². The summed E-state index contributed by atoms with van der Waals surface area (Å²) < 4.78 is 5.91. The molecule has 1 atom stereocenters. The topological polar surface area (TPSA) is 105 Å². The first-order valence-electron chi connectivity index (χ1n) is 9.89. The highest BCUT2D eigenvalue weighted by molar-refractivity contribution is 8.03. The minimum Gasteiger partial charge on any atom is -0.490 e. The number of hydrogen-bond acceptors (Lipinski definition) is 5. The second kappa shape index (κ2) is 10.3. The van der Waals surface area contributed by atoms with Crippen molar-refractivity contribution in [1.82, 2.24) is 10.6 Å². The summed E-state index contributed by atoms with van der Waals surface area (Å²) in [6.45, 7) is 0.752. The zero-order chi connectivity index (χ0) is 20.6. The molecule has 8 heteroatoms. The third kappa shape index (κ3) is 6.25. The van der Waals surface area contributed by atoms with E-state index in [1.165, 1.54) is 11.8 Å². The van der Waals surface area contributed by atoms with Crippen molar-refractivity contribution < 1.29 is 24.2 Å². The maximum Gasteiger partial charge on any atom is 0.306 e. The van der Waals surface area contributed by atoms with Gasteiger partial charge in [0, 0.05) is 18.7 Å². The number of aliphatic carboxylic acids is 1. The lowest BCUT2D eigenvalue weighted by Gasteiger charge is -2.26. The lowest BCUT2D eigenvalue weighted by molar-refractivity contribution is -0.143. The van der Waals surface area contributed by atoms with Crippen molar-refractivity contribution in [3.05, 3.63) is 41.3 Å². The molecule has 0 radical (unpaired) electrons. The van der Waals surface area contributed by atoms with Gasteiger partial charge in [0.2, 0.25) is 5.91 Å². The van der Waals surface area contributed by atoms with Crippen LogP contribution in [0.15, 0.2) is 35.7 Å². The van der Waals surface area contributed by atoms with E-state index in [-0.39, 0.29) is 29.1 Å². The normalized spacial score (nSPS) is 23.4. The molecule has 0 aromatic heterocycles. The molecule has 1 aliphatic heterocycles. The smallest absolute Gasteiger partial charge is 0.306 e. The van der Waals surface area contributed by atoms with Gasteiger partial charge in [-0.05, 0) is 61.8 Å². The number of carboxylic acid groups (broad SMARTS) is 1. The van der Waals surface area contributed by atoms with Crippen LogP contribution in [-0.2, 0) is 9.59 Å². The van der Waals surface area contributed by atoms with Gasteiger partial charge in [-0.3, -0.25) is 14.4 Å². The fraction of sp³-hybridized carbons (Fsp3) is 0.476. The van der Waals surface area contributed by atoms with E-state index in [9.17, 15) is 14.4 Å². The summed E-state index contributed by atoms with van der Waals surface area (Å²) in [6.07, 6.45) is 5.45. The molecule has 1 aliphatic carbocycles. The van der Waals surface area contributed by atoms with Crippen LogP contribution < -0.4 is 15.4 Å². The Morgan fingerprint density at radius 2 is 1.72 bits per heavy atom. The Bertz CT molecular complexity index is 749. The number of hydrogen-bond donors (Lipinski definition) is 3. The van der Waals surface area contributed by atoms with Gasteiger partial charge in [0.05, 0.1) is 17.3 Å². The number of amides is 2. The number of thioether (sulfide) groups is 1. The van der Waals surface area contributed by atoms with Crippen LogP contribution in [0.2, 0.25) is 0 Å². The van der Waals surface area contributed by atoms with Crippen LogP contribution in [0.5, 0.6) is 5.75 Å². The van der Waals surface area contributed by atoms with E-state index in [0.717, 1.165) is 19.3 Å². The van der Waals surface area contributed by atoms with E-state index in [1.807, 2.05) is 11.5 Å². The van der Waals surface area contributed by atoms with Gasteiger partial charge in [-0.15, -0.1) is 11.8 Å². The number of ether oxygens (including phenoxy) is 1. The van der Waals surface area contributed by atoms with Crippen molar-refractivity contribution in [2.24, 2.45) is 5.92 Å². The van der Waals surface area contributed by atoms with Crippen LogP contribution in [0, 0.1) is 5.92 Å². The van der Waals surface area contributed by atoms with Crippen LogP contribution >= 0.6 is 11.8 Å². The molecule has 1 fully saturated rings. The summed E-state index contributed by atoms with van der Waals surface area (Å²) in [4.78, 5) is 35.1. The molecule has 3 rings (SSSR count). The highest BCUT2D eigenvalue weighted by atomic mass is 32.2. The second-order valence-electron chi connectivity index (χ2n) is 7.23. The number of carbonyl (C=O) groups is 3. The first-order chi connectivity index (χ1) is 14.0. The number of nitrogens with one attached hydrogen (secondary N) is 2. The minimum absolute atomic E-state index is 0.00635. The maximum absolute atomic E-state index is 12.2. The molecule has 1 aromatic rings. The first kappa shape index (κ1) is 21.2. The minimum atomic E-state index is -0.729. The Labute approximate surface area is 174 Å². The van der Waals surface area contributed by atoms with Crippen LogP contribution in [0.1, 0.15) is 42.5 Å². The highest BCUT2D eigenvalue weighted by Crippen LogP contribution is 2.28. The van der Waals surface area contributed by atoms with Gasteiger partial charge in [-0.2, -0.15) is 0 Å². The highest BCUT2D eigenvalue weighted by Gasteiger charge is 2.27. The van der Waals surface area contributed by atoms with E-state index in [4.69, 9.17) is 9.84 Å². The molecule has 3 N–H and O–H groups in total. The van der Waals surface area contributed by atoms with Crippen LogP contribution in [-0.4, -0.2) is 47.3 Å². The Kier molecular flexibility index (Phi) is 7.57. The standard InChI is InChI=1S/C21H26N2O5S/c24-19(22-11-12-23-20(25)18-2-1-13-29-18)14-3-7-16(8-4-14)28-17-9-5-15(6-10-17)21(26)27/h1,3-4,7-8,13,15,17-18H,2,5-6,9-12H2,(H,22,24)(H,23,25)(H,26,27)/t15-,17+,18?. The van der Waals surface area contributed by atoms with Gasteiger partial charge >= 0.3 is 5.97 Å². The van der Waals surface area contributed by atoms with Gasteiger partial charge in [-0.25, -0.2) is 0 Å². The monoisotopic (exact) mass is 418 g/mol. The van der Waals surface area contributed by atoms with Crippen molar-refractivity contribution in [3.8, 4) is 5.75 Å². The zero-order valence-electron chi connectivity index (χ0n) is 16.1. The largest absolute Gasteiger partial charge is 0.490 e. The molecule has 29 heavy (non-hydrogen) atoms. The molecule has 2 amide bonds. The summed E-state index contributed by atoms with van der Waals surface area (Å²) >= 11 is 1.51. The SMILES string of the molecule is O=C(NCCNC(=O)C1CC=CS1)c1ccc(O[C@H]2CC[C@@H](C(=O)O)CC2)cc1. The van der Waals surface area contributed by atoms with Gasteiger partial charge in [0.25, 0.3) is 5.91 Å². The van der Waals surface area contributed by atoms with Gasteiger partial charge in [0.1, 0.15) is 5.75 Å². The van der Waals surface area contributed by atoms with Gasteiger partial charge < -0.3 is 20.5 Å². The first-order valence-corrected chi connectivity index (χ1v) is 10.8. The number of benzene rings is 1. The van der Waals surface area contributed by atoms with Crippen LogP contribution in [0.3, 0.4) is 0 Å². The van der Waals surface area contributed by atoms with Gasteiger partial charge in [0.15, 0.2) is 0 Å². The lowest BCUT2D eigenvalue weighted by Crippen LogP contribution is -2.38. The number of rotatable bonds is 8. The Hall–Kier alpha value is -2.48. The third-order valence-electron chi connectivity index (χ3n) is 5.13. The van der Waals surface area contributed by atoms with E-state index in [0.29, 0.717) is 37.2 Å². The molecule has 1 unspecified atom stereocenters. The molecule has 1 saturated carbocycles. The van der Waals surface area contributed by atoms with E-state index in [1.54, 1.807) is 24.3 Å². The zero-order valence-corrected chi connectivity index (χ0v) is 17.0. The van der Waals surface area contributed by atoms with Crippen molar-refractivity contribution in [1.29, 1.82) is 0 Å². The number of carboxylic acids is 1. The summed E-state index contributed by atoms with van der Waals surface area (Å²) in [5, 5.41) is 16.5. The quantitative estimate of drug-likeness (QED) is 0.561. The van der Waals surface area contributed by atoms with E-state index < -0.39 is 5.97 Å². The maximum atomic E-state index is 12.2. The van der Waals surface area contributed by atoms with Crippen molar-refractivity contribution in [2.45, 2.75) is 43.5 Å². The fourth-order valence-electron chi connectivity index (χ4n) is 3.44. The predicted octanol–water partition coefficient (Wildman–Crippen LogP) is 2.57.